The van der Waals surface area contributed by atoms with Gasteiger partial charge < -0.3 is 0 Å². The van der Waals surface area contributed by atoms with Gasteiger partial charge in [0.05, 0.1) is 14.7 Å². The molecule has 9 nitrogen and oxygen atoms in total. The van der Waals surface area contributed by atoms with E-state index in [1.54, 1.807) is 54.6 Å². The minimum Gasteiger partial charge on any atom is -0.227 e. The first-order chi connectivity index (χ1) is 22.5. The fourth-order valence-corrected chi connectivity index (χ4v) is 6.95. The maximum absolute atomic E-state index is 13.1. The molecule has 0 unspecified atom stereocenters. The zero-order chi connectivity index (χ0) is 35.3. The summed E-state index contributed by atoms with van der Waals surface area (Å²) >= 11 is 0. The maximum Gasteiger partial charge on any atom is 0.270 e. The Kier molecular flexibility index (Phi) is 10.6. The van der Waals surface area contributed by atoms with Gasteiger partial charge in [0, 0.05) is 56.0 Å². The predicted octanol–water partition coefficient (Wildman–Crippen LogP) is 4.50. The van der Waals surface area contributed by atoms with Crippen molar-refractivity contribution in [3.05, 3.63) is 124 Å². The SMILES string of the molecule is Cc1ccc(S(=O)(=O)N(C)C#Cc2cc(C#CN(C)S(=O)(=O)c3ccc(C)cc3)cc(C#CN(C)S(=O)(=O)c3ccc(C)cc3)c2)cc1. The Bertz CT molecular complexity index is 2070. The lowest BCUT2D eigenvalue weighted by Crippen LogP contribution is -2.22. The van der Waals surface area contributed by atoms with Crippen LogP contribution in [-0.2, 0) is 30.1 Å². The van der Waals surface area contributed by atoms with E-state index in [4.69, 9.17) is 0 Å². The van der Waals surface area contributed by atoms with Crippen LogP contribution in [0.2, 0.25) is 0 Å². The van der Waals surface area contributed by atoms with E-state index in [-0.39, 0.29) is 14.7 Å². The lowest BCUT2D eigenvalue weighted by Gasteiger charge is -2.12. The van der Waals surface area contributed by atoms with Crippen LogP contribution in [0.25, 0.3) is 0 Å². The molecule has 0 heterocycles. The van der Waals surface area contributed by atoms with Gasteiger partial charge in [-0.15, -0.1) is 0 Å². The van der Waals surface area contributed by atoms with E-state index in [0.29, 0.717) is 16.7 Å². The molecule has 0 radical (unpaired) electrons. The standard InChI is InChI=1S/C36H33N3O6S3/c1-28-7-13-34(14-8-28)46(40,41)37(4)22-19-31-25-32(20-23-38(5)47(42,43)35-15-9-29(2)10-16-35)27-33(26-31)21-24-39(6)48(44,45)36-17-11-30(3)12-18-36/h7-18,25-27H,1-6H3. The Labute approximate surface area is 284 Å². The van der Waals surface area contributed by atoms with Gasteiger partial charge >= 0.3 is 0 Å². The van der Waals surface area contributed by atoms with Gasteiger partial charge in [0.1, 0.15) is 0 Å². The molecule has 0 atom stereocenters. The van der Waals surface area contributed by atoms with Crippen molar-refractivity contribution in [2.45, 2.75) is 35.5 Å². The number of nitrogens with zero attached hydrogens (tertiary/aromatic N) is 3. The molecule has 4 aromatic carbocycles. The van der Waals surface area contributed by atoms with Crippen LogP contribution in [0.15, 0.2) is 106 Å². The molecule has 0 saturated heterocycles. The van der Waals surface area contributed by atoms with Crippen LogP contribution in [0, 0.1) is 56.7 Å². The molecule has 0 fully saturated rings. The van der Waals surface area contributed by atoms with E-state index in [0.717, 1.165) is 29.6 Å². The van der Waals surface area contributed by atoms with Crippen molar-refractivity contribution in [3.63, 3.8) is 0 Å². The van der Waals surface area contributed by atoms with Crippen LogP contribution in [0.3, 0.4) is 0 Å². The van der Waals surface area contributed by atoms with Crippen molar-refractivity contribution in [2.24, 2.45) is 0 Å². The van der Waals surface area contributed by atoms with Crippen molar-refractivity contribution in [1.82, 2.24) is 12.9 Å². The molecule has 0 amide bonds. The average Bonchev–Trinajstić information content (AvgIpc) is 3.05. The topological polar surface area (TPSA) is 112 Å². The minimum absolute atomic E-state index is 0.0757. The molecule has 0 bridgehead atoms. The zero-order valence-corrected chi connectivity index (χ0v) is 29.6. The van der Waals surface area contributed by atoms with Crippen LogP contribution in [-0.4, -0.2) is 59.3 Å². The molecule has 4 rings (SSSR count). The summed E-state index contributed by atoms with van der Waals surface area (Å²) in [5, 5.41) is 0. The second-order valence-corrected chi connectivity index (χ2v) is 16.8. The summed E-state index contributed by atoms with van der Waals surface area (Å²) in [7, 11) is -7.80. The smallest absolute Gasteiger partial charge is 0.227 e. The first-order valence-electron chi connectivity index (χ1n) is 14.4. The normalized spacial score (nSPS) is 11.1. The zero-order valence-electron chi connectivity index (χ0n) is 27.2. The summed E-state index contributed by atoms with van der Waals surface area (Å²) in [6.07, 6.45) is 0. The van der Waals surface area contributed by atoms with Gasteiger partial charge in [-0.3, -0.25) is 0 Å². The number of hydrogen-bond donors (Lipinski definition) is 0. The average molecular weight is 700 g/mol. The Balaban J connectivity index is 1.73. The molecule has 12 heteroatoms. The van der Waals surface area contributed by atoms with E-state index in [1.807, 2.05) is 20.8 Å². The maximum atomic E-state index is 13.1. The first-order valence-corrected chi connectivity index (χ1v) is 18.7. The third-order valence-electron chi connectivity index (χ3n) is 7.04. The second kappa shape index (κ2) is 14.3. The van der Waals surface area contributed by atoms with Crippen LogP contribution >= 0.6 is 0 Å². The highest BCUT2D eigenvalue weighted by Gasteiger charge is 2.20. The number of aryl methyl sites for hydroxylation is 3. The molecule has 0 aliphatic carbocycles. The van der Waals surface area contributed by atoms with Crippen molar-refractivity contribution in [1.29, 1.82) is 0 Å². The molecule has 0 spiro atoms. The van der Waals surface area contributed by atoms with Gasteiger partial charge in [0.25, 0.3) is 30.1 Å². The Morgan fingerprint density at radius 3 is 0.812 bits per heavy atom. The van der Waals surface area contributed by atoms with E-state index in [9.17, 15) is 25.3 Å². The van der Waals surface area contributed by atoms with Crippen LogP contribution in [0.5, 0.6) is 0 Å². The Hall–Kier alpha value is -5.19. The molecule has 0 aromatic heterocycles. The van der Waals surface area contributed by atoms with E-state index in [1.165, 1.54) is 57.5 Å². The van der Waals surface area contributed by atoms with Gasteiger partial charge in [0.2, 0.25) is 0 Å². The van der Waals surface area contributed by atoms with Gasteiger partial charge in [-0.25, -0.2) is 38.2 Å². The largest absolute Gasteiger partial charge is 0.270 e. The fraction of sp³-hybridized carbons (Fsp3) is 0.167. The molecule has 4 aromatic rings. The fourth-order valence-electron chi connectivity index (χ4n) is 4.06. The summed E-state index contributed by atoms with van der Waals surface area (Å²) in [4.78, 5) is 0.227. The van der Waals surface area contributed by atoms with E-state index in [2.05, 4.69) is 35.9 Å². The van der Waals surface area contributed by atoms with Crippen LogP contribution in [0.4, 0.5) is 0 Å². The molecule has 0 aliphatic rings. The predicted molar refractivity (Wildman–Crippen MR) is 185 cm³/mol. The van der Waals surface area contributed by atoms with Gasteiger partial charge in [0.15, 0.2) is 0 Å². The lowest BCUT2D eigenvalue weighted by atomic mass is 10.1. The minimum atomic E-state index is -3.92. The number of sulfonamides is 3. The monoisotopic (exact) mass is 699 g/mol. The van der Waals surface area contributed by atoms with Crippen LogP contribution in [0.1, 0.15) is 33.4 Å². The van der Waals surface area contributed by atoms with Crippen LogP contribution < -0.4 is 0 Å². The number of benzene rings is 4. The molecule has 0 aliphatic heterocycles. The third kappa shape index (κ3) is 8.39. The number of rotatable bonds is 6. The Morgan fingerprint density at radius 1 is 0.396 bits per heavy atom. The van der Waals surface area contributed by atoms with Gasteiger partial charge in [-0.05, 0) is 93.1 Å². The summed E-state index contributed by atoms with van der Waals surface area (Å²) in [5.74, 6) is 8.42. The third-order valence-corrected chi connectivity index (χ3v) is 12.1. The van der Waals surface area contributed by atoms with Crippen molar-refractivity contribution in [3.8, 4) is 35.9 Å². The van der Waals surface area contributed by atoms with Gasteiger partial charge in [-0.2, -0.15) is 0 Å². The molecule has 48 heavy (non-hydrogen) atoms. The van der Waals surface area contributed by atoms with Gasteiger partial charge in [-0.1, -0.05) is 53.1 Å². The summed E-state index contributed by atoms with van der Waals surface area (Å²) < 4.78 is 81.1. The molecule has 0 saturated carbocycles. The number of hydrogen-bond acceptors (Lipinski definition) is 6. The summed E-state index contributed by atoms with van der Waals surface area (Å²) in [5.41, 5.74) is 3.65. The lowest BCUT2D eigenvalue weighted by molar-refractivity contribution is 0.545. The summed E-state index contributed by atoms with van der Waals surface area (Å²) in [6, 6.07) is 31.6. The summed E-state index contributed by atoms with van der Waals surface area (Å²) in [6.45, 7) is 5.55. The highest BCUT2D eigenvalue weighted by atomic mass is 32.2. The Morgan fingerprint density at radius 2 is 0.604 bits per heavy atom. The quantitative estimate of drug-likeness (QED) is 0.217. The second-order valence-electron chi connectivity index (χ2n) is 10.9. The van der Waals surface area contributed by atoms with E-state index >= 15 is 0 Å². The van der Waals surface area contributed by atoms with Crippen molar-refractivity contribution >= 4 is 30.1 Å². The molecule has 0 N–H and O–H groups in total. The molecular weight excluding hydrogens is 667 g/mol. The first kappa shape index (κ1) is 35.7. The highest BCUT2D eigenvalue weighted by molar-refractivity contribution is 7.89. The van der Waals surface area contributed by atoms with Crippen molar-refractivity contribution in [2.75, 3.05) is 21.1 Å². The van der Waals surface area contributed by atoms with Crippen molar-refractivity contribution < 1.29 is 25.3 Å². The molecule has 246 valence electrons. The molecular formula is C36H33N3O6S3. The van der Waals surface area contributed by atoms with E-state index < -0.39 is 30.1 Å². The highest BCUT2D eigenvalue weighted by Crippen LogP contribution is 2.18.